The van der Waals surface area contributed by atoms with E-state index in [-0.39, 0.29) is 5.91 Å². The molecule has 13 heavy (non-hydrogen) atoms. The Labute approximate surface area is 76.9 Å². The molecule has 4 heteroatoms. The number of hydrogen-bond acceptors (Lipinski definition) is 3. The van der Waals surface area contributed by atoms with Crippen molar-refractivity contribution in [2.24, 2.45) is 0 Å². The molecule has 70 valence electrons. The minimum absolute atomic E-state index is 0.193. The number of rotatable bonds is 4. The molecule has 0 fully saturated rings. The Balaban J connectivity index is 2.17. The van der Waals surface area contributed by atoms with Crippen LogP contribution in [0.5, 0.6) is 0 Å². The van der Waals surface area contributed by atoms with Gasteiger partial charge in [0.1, 0.15) is 0 Å². The standard InChI is InChI=1S/C9H12N2O2/c1-8(12)11-13-7-5-9-4-2-3-6-10-9/h2-4,6H,5,7H2,1H3,(H,11,12). The Kier molecular flexibility index (Phi) is 3.92. The number of hydroxylamine groups is 1. The van der Waals surface area contributed by atoms with Gasteiger partial charge in [-0.2, -0.15) is 0 Å². The van der Waals surface area contributed by atoms with Crippen LogP contribution in [0.3, 0.4) is 0 Å². The van der Waals surface area contributed by atoms with Crippen molar-refractivity contribution >= 4 is 5.91 Å². The highest BCUT2D eigenvalue weighted by molar-refractivity contribution is 5.71. The number of amides is 1. The zero-order chi connectivity index (χ0) is 9.52. The molecule has 1 rings (SSSR count). The molecule has 0 unspecified atom stereocenters. The fourth-order valence-electron chi connectivity index (χ4n) is 0.854. The van der Waals surface area contributed by atoms with Crippen molar-refractivity contribution in [3.63, 3.8) is 0 Å². The van der Waals surface area contributed by atoms with Crippen molar-refractivity contribution in [3.05, 3.63) is 30.1 Å². The molecule has 1 heterocycles. The van der Waals surface area contributed by atoms with Crippen LogP contribution in [0.15, 0.2) is 24.4 Å². The topological polar surface area (TPSA) is 51.2 Å². The Bertz CT molecular complexity index is 262. The van der Waals surface area contributed by atoms with Crippen LogP contribution in [-0.4, -0.2) is 17.5 Å². The first-order valence-electron chi connectivity index (χ1n) is 4.07. The maximum atomic E-state index is 10.4. The van der Waals surface area contributed by atoms with E-state index >= 15 is 0 Å². The summed E-state index contributed by atoms with van der Waals surface area (Å²) >= 11 is 0. The quantitative estimate of drug-likeness (QED) is 0.548. The molecule has 4 nitrogen and oxygen atoms in total. The van der Waals surface area contributed by atoms with Gasteiger partial charge in [0.15, 0.2) is 0 Å². The Morgan fingerprint density at radius 2 is 2.46 bits per heavy atom. The van der Waals surface area contributed by atoms with Crippen molar-refractivity contribution in [1.82, 2.24) is 10.5 Å². The third kappa shape index (κ3) is 4.22. The van der Waals surface area contributed by atoms with E-state index in [2.05, 4.69) is 10.5 Å². The van der Waals surface area contributed by atoms with Crippen molar-refractivity contribution in [2.75, 3.05) is 6.61 Å². The second-order valence-corrected chi connectivity index (χ2v) is 2.58. The van der Waals surface area contributed by atoms with Gasteiger partial charge in [0.25, 0.3) is 0 Å². The summed E-state index contributed by atoms with van der Waals surface area (Å²) in [4.78, 5) is 19.4. The van der Waals surface area contributed by atoms with Gasteiger partial charge >= 0.3 is 0 Å². The summed E-state index contributed by atoms with van der Waals surface area (Å²) in [6.45, 7) is 1.84. The van der Waals surface area contributed by atoms with Gasteiger partial charge in [-0.15, -0.1) is 0 Å². The zero-order valence-electron chi connectivity index (χ0n) is 7.49. The summed E-state index contributed by atoms with van der Waals surface area (Å²) in [5.41, 5.74) is 3.20. The van der Waals surface area contributed by atoms with Gasteiger partial charge in [-0.3, -0.25) is 14.6 Å². The lowest BCUT2D eigenvalue weighted by Gasteiger charge is -2.02. The molecule has 1 aromatic heterocycles. The van der Waals surface area contributed by atoms with Crippen LogP contribution in [-0.2, 0) is 16.1 Å². The van der Waals surface area contributed by atoms with E-state index < -0.39 is 0 Å². The first-order chi connectivity index (χ1) is 6.29. The van der Waals surface area contributed by atoms with Crippen molar-refractivity contribution < 1.29 is 9.63 Å². The van der Waals surface area contributed by atoms with E-state index in [1.165, 1.54) is 6.92 Å². The molecule has 0 bridgehead atoms. The Morgan fingerprint density at radius 1 is 1.62 bits per heavy atom. The highest BCUT2D eigenvalue weighted by atomic mass is 16.6. The summed E-state index contributed by atoms with van der Waals surface area (Å²) in [6, 6.07) is 5.69. The first kappa shape index (κ1) is 9.67. The molecule has 0 aliphatic rings. The lowest BCUT2D eigenvalue weighted by atomic mass is 10.3. The molecule has 0 radical (unpaired) electrons. The zero-order valence-corrected chi connectivity index (χ0v) is 7.49. The summed E-state index contributed by atoms with van der Waals surface area (Å²) < 4.78 is 0. The fraction of sp³-hybridized carbons (Fsp3) is 0.333. The van der Waals surface area contributed by atoms with Crippen LogP contribution < -0.4 is 5.48 Å². The second-order valence-electron chi connectivity index (χ2n) is 2.58. The number of nitrogens with zero attached hydrogens (tertiary/aromatic N) is 1. The van der Waals surface area contributed by atoms with E-state index in [1.54, 1.807) is 6.20 Å². The van der Waals surface area contributed by atoms with E-state index in [1.807, 2.05) is 18.2 Å². The molecule has 1 N–H and O–H groups in total. The van der Waals surface area contributed by atoms with Crippen LogP contribution >= 0.6 is 0 Å². The van der Waals surface area contributed by atoms with Crippen LogP contribution in [0.4, 0.5) is 0 Å². The number of nitrogens with one attached hydrogen (secondary N) is 1. The predicted molar refractivity (Wildman–Crippen MR) is 47.7 cm³/mol. The third-order valence-corrected chi connectivity index (χ3v) is 1.40. The molecule has 0 aliphatic carbocycles. The second kappa shape index (κ2) is 5.27. The molecule has 0 saturated heterocycles. The number of aromatic nitrogens is 1. The smallest absolute Gasteiger partial charge is 0.240 e. The predicted octanol–water partition coefficient (Wildman–Crippen LogP) is 0.692. The number of carbonyl (C=O) groups is 1. The maximum absolute atomic E-state index is 10.4. The van der Waals surface area contributed by atoms with Gasteiger partial charge in [0.05, 0.1) is 6.61 Å². The van der Waals surface area contributed by atoms with Crippen molar-refractivity contribution in [2.45, 2.75) is 13.3 Å². The van der Waals surface area contributed by atoms with Crippen LogP contribution in [0.25, 0.3) is 0 Å². The Morgan fingerprint density at radius 3 is 3.08 bits per heavy atom. The number of carbonyl (C=O) groups excluding carboxylic acids is 1. The van der Waals surface area contributed by atoms with Gasteiger partial charge in [0, 0.05) is 25.2 Å². The molecule has 1 amide bonds. The van der Waals surface area contributed by atoms with E-state index in [9.17, 15) is 4.79 Å². The largest absolute Gasteiger partial charge is 0.273 e. The van der Waals surface area contributed by atoms with Gasteiger partial charge < -0.3 is 0 Å². The molecule has 0 aliphatic heterocycles. The minimum Gasteiger partial charge on any atom is -0.273 e. The van der Waals surface area contributed by atoms with Gasteiger partial charge in [-0.1, -0.05) is 6.07 Å². The molecular weight excluding hydrogens is 168 g/mol. The van der Waals surface area contributed by atoms with E-state index in [0.29, 0.717) is 13.0 Å². The molecule has 1 aromatic rings. The van der Waals surface area contributed by atoms with Crippen LogP contribution in [0.2, 0.25) is 0 Å². The molecular formula is C9H12N2O2. The minimum atomic E-state index is -0.193. The van der Waals surface area contributed by atoms with Crippen LogP contribution in [0, 0.1) is 0 Å². The Hall–Kier alpha value is -1.42. The average Bonchev–Trinajstić information content (AvgIpc) is 2.14. The van der Waals surface area contributed by atoms with E-state index in [0.717, 1.165) is 5.69 Å². The summed E-state index contributed by atoms with van der Waals surface area (Å²) in [6.07, 6.45) is 2.43. The highest BCUT2D eigenvalue weighted by Gasteiger charge is 1.94. The summed E-state index contributed by atoms with van der Waals surface area (Å²) in [5.74, 6) is -0.193. The molecule has 0 atom stereocenters. The SMILES string of the molecule is CC(=O)NOCCc1ccccn1. The summed E-state index contributed by atoms with van der Waals surface area (Å²) in [7, 11) is 0. The third-order valence-electron chi connectivity index (χ3n) is 1.40. The molecule has 0 spiro atoms. The van der Waals surface area contributed by atoms with Crippen LogP contribution in [0.1, 0.15) is 12.6 Å². The monoisotopic (exact) mass is 180 g/mol. The van der Waals surface area contributed by atoms with Gasteiger partial charge in [-0.05, 0) is 12.1 Å². The summed E-state index contributed by atoms with van der Waals surface area (Å²) in [5, 5.41) is 0. The lowest BCUT2D eigenvalue weighted by molar-refractivity contribution is -0.131. The van der Waals surface area contributed by atoms with Gasteiger partial charge in [0.2, 0.25) is 5.91 Å². The van der Waals surface area contributed by atoms with Crippen molar-refractivity contribution in [1.29, 1.82) is 0 Å². The lowest BCUT2D eigenvalue weighted by Crippen LogP contribution is -2.21. The highest BCUT2D eigenvalue weighted by Crippen LogP contribution is 1.93. The average molecular weight is 180 g/mol. The normalized spacial score (nSPS) is 9.62. The van der Waals surface area contributed by atoms with Gasteiger partial charge in [-0.25, -0.2) is 5.48 Å². The first-order valence-corrected chi connectivity index (χ1v) is 4.07. The van der Waals surface area contributed by atoms with E-state index in [4.69, 9.17) is 4.84 Å². The molecule has 0 saturated carbocycles. The number of hydrogen-bond donors (Lipinski definition) is 1. The number of pyridine rings is 1. The maximum Gasteiger partial charge on any atom is 0.240 e. The fourth-order valence-corrected chi connectivity index (χ4v) is 0.854. The molecule has 0 aromatic carbocycles. The van der Waals surface area contributed by atoms with Crippen molar-refractivity contribution in [3.8, 4) is 0 Å².